The molecule has 0 radical (unpaired) electrons. The van der Waals surface area contributed by atoms with Gasteiger partial charge >= 0.3 is 0 Å². The minimum atomic E-state index is 0.0822. The topological polar surface area (TPSA) is 48.9 Å². The summed E-state index contributed by atoms with van der Waals surface area (Å²) in [6, 6.07) is 14.6. The van der Waals surface area contributed by atoms with Gasteiger partial charge in [-0.2, -0.15) is 0 Å². The van der Waals surface area contributed by atoms with Gasteiger partial charge in [-0.25, -0.2) is 4.98 Å². The second-order valence-corrected chi connectivity index (χ2v) is 5.00. The number of fused-ring (bicyclic) bond motifs is 1. The lowest BCUT2D eigenvalue weighted by atomic mass is 10.0. The number of aromatic amines is 1. The SMILES string of the molecule is CCC(CO)c1ncc(-c2cccc3ccccc23)[nH]1. The fraction of sp³-hybridized carbons (Fsp3) is 0.235. The van der Waals surface area contributed by atoms with Crippen LogP contribution in [0.4, 0.5) is 0 Å². The quantitative estimate of drug-likeness (QED) is 0.756. The molecule has 3 nitrogen and oxygen atoms in total. The molecule has 0 aliphatic carbocycles. The Balaban J connectivity index is 2.08. The number of nitrogens with zero attached hydrogens (tertiary/aromatic N) is 1. The third kappa shape index (κ3) is 2.21. The first-order valence-electron chi connectivity index (χ1n) is 6.97. The molecule has 1 heterocycles. The van der Waals surface area contributed by atoms with Crippen LogP contribution >= 0.6 is 0 Å². The molecule has 0 bridgehead atoms. The highest BCUT2D eigenvalue weighted by Gasteiger charge is 2.13. The largest absolute Gasteiger partial charge is 0.396 e. The van der Waals surface area contributed by atoms with Crippen LogP contribution in [0.1, 0.15) is 25.1 Å². The van der Waals surface area contributed by atoms with E-state index in [1.165, 1.54) is 10.8 Å². The minimum absolute atomic E-state index is 0.0822. The van der Waals surface area contributed by atoms with Gasteiger partial charge in [0.25, 0.3) is 0 Å². The highest BCUT2D eigenvalue weighted by Crippen LogP contribution is 2.28. The van der Waals surface area contributed by atoms with Crippen molar-refractivity contribution in [3.05, 3.63) is 54.5 Å². The van der Waals surface area contributed by atoms with Gasteiger partial charge in [0, 0.05) is 11.5 Å². The van der Waals surface area contributed by atoms with E-state index in [1.54, 1.807) is 0 Å². The number of benzene rings is 2. The number of nitrogens with one attached hydrogen (secondary N) is 1. The molecule has 0 aliphatic rings. The smallest absolute Gasteiger partial charge is 0.111 e. The van der Waals surface area contributed by atoms with Crippen LogP contribution in [0.25, 0.3) is 22.0 Å². The lowest BCUT2D eigenvalue weighted by molar-refractivity contribution is 0.258. The van der Waals surface area contributed by atoms with Crippen LogP contribution in [-0.4, -0.2) is 21.7 Å². The second-order valence-electron chi connectivity index (χ2n) is 5.00. The Morgan fingerprint density at radius 1 is 1.15 bits per heavy atom. The van der Waals surface area contributed by atoms with Crippen LogP contribution in [0.5, 0.6) is 0 Å². The Morgan fingerprint density at radius 3 is 2.75 bits per heavy atom. The summed E-state index contributed by atoms with van der Waals surface area (Å²) in [5, 5.41) is 11.8. The van der Waals surface area contributed by atoms with Crippen LogP contribution in [0.2, 0.25) is 0 Å². The standard InChI is InChI=1S/C17H18N2O/c1-2-12(11-20)17-18-10-16(19-17)15-9-5-7-13-6-3-4-8-14(13)15/h3-10,12,20H,2,11H2,1H3,(H,18,19). The molecule has 102 valence electrons. The molecule has 1 unspecified atom stereocenters. The van der Waals surface area contributed by atoms with Crippen molar-refractivity contribution in [3.63, 3.8) is 0 Å². The van der Waals surface area contributed by atoms with Crippen molar-refractivity contribution in [3.8, 4) is 11.3 Å². The first-order chi connectivity index (χ1) is 9.83. The zero-order chi connectivity index (χ0) is 13.9. The fourth-order valence-electron chi connectivity index (χ4n) is 2.55. The van der Waals surface area contributed by atoms with Gasteiger partial charge in [0.1, 0.15) is 5.82 Å². The maximum absolute atomic E-state index is 9.37. The van der Waals surface area contributed by atoms with Crippen molar-refractivity contribution in [1.29, 1.82) is 0 Å². The van der Waals surface area contributed by atoms with Crippen LogP contribution in [0.3, 0.4) is 0 Å². The van der Waals surface area contributed by atoms with Gasteiger partial charge in [-0.3, -0.25) is 0 Å². The van der Waals surface area contributed by atoms with Gasteiger partial charge in [0.05, 0.1) is 18.5 Å². The van der Waals surface area contributed by atoms with Crippen molar-refractivity contribution in [2.75, 3.05) is 6.61 Å². The van der Waals surface area contributed by atoms with Crippen molar-refractivity contribution in [2.24, 2.45) is 0 Å². The highest BCUT2D eigenvalue weighted by atomic mass is 16.3. The predicted octanol–water partition coefficient (Wildman–Crippen LogP) is 3.72. The summed E-state index contributed by atoms with van der Waals surface area (Å²) in [6.45, 7) is 2.18. The predicted molar refractivity (Wildman–Crippen MR) is 81.6 cm³/mol. The van der Waals surface area contributed by atoms with E-state index in [0.29, 0.717) is 0 Å². The summed E-state index contributed by atoms with van der Waals surface area (Å²) >= 11 is 0. The molecule has 0 amide bonds. The summed E-state index contributed by atoms with van der Waals surface area (Å²) in [5.74, 6) is 0.941. The Hall–Kier alpha value is -2.13. The first kappa shape index (κ1) is 12.9. The second kappa shape index (κ2) is 5.47. The zero-order valence-corrected chi connectivity index (χ0v) is 11.5. The van der Waals surface area contributed by atoms with Crippen molar-refractivity contribution in [1.82, 2.24) is 9.97 Å². The van der Waals surface area contributed by atoms with Gasteiger partial charge in [-0.1, -0.05) is 49.4 Å². The molecule has 0 aliphatic heterocycles. The summed E-state index contributed by atoms with van der Waals surface area (Å²) < 4.78 is 0. The van der Waals surface area contributed by atoms with Crippen molar-refractivity contribution >= 4 is 10.8 Å². The molecule has 3 heteroatoms. The molecule has 1 atom stereocenters. The van der Waals surface area contributed by atoms with E-state index >= 15 is 0 Å². The van der Waals surface area contributed by atoms with E-state index < -0.39 is 0 Å². The molecule has 2 N–H and O–H groups in total. The molecular formula is C17H18N2O. The third-order valence-electron chi connectivity index (χ3n) is 3.78. The molecule has 1 aromatic heterocycles. The van der Waals surface area contributed by atoms with E-state index in [2.05, 4.69) is 47.2 Å². The number of aromatic nitrogens is 2. The van der Waals surface area contributed by atoms with E-state index in [-0.39, 0.29) is 12.5 Å². The molecule has 2 aromatic carbocycles. The zero-order valence-electron chi connectivity index (χ0n) is 11.5. The summed E-state index contributed by atoms with van der Waals surface area (Å²) in [6.07, 6.45) is 2.73. The van der Waals surface area contributed by atoms with Crippen molar-refractivity contribution in [2.45, 2.75) is 19.3 Å². The Kier molecular flexibility index (Phi) is 3.52. The molecule has 0 spiro atoms. The molecule has 3 rings (SSSR count). The van der Waals surface area contributed by atoms with Crippen molar-refractivity contribution < 1.29 is 5.11 Å². The van der Waals surface area contributed by atoms with E-state index in [9.17, 15) is 5.11 Å². The third-order valence-corrected chi connectivity index (χ3v) is 3.78. The number of imidazole rings is 1. The summed E-state index contributed by atoms with van der Waals surface area (Å²) in [5.41, 5.74) is 2.15. The number of rotatable bonds is 4. The van der Waals surface area contributed by atoms with Crippen LogP contribution in [0, 0.1) is 0 Å². The van der Waals surface area contributed by atoms with E-state index in [4.69, 9.17) is 0 Å². The van der Waals surface area contributed by atoms with Crippen LogP contribution in [0.15, 0.2) is 48.7 Å². The van der Waals surface area contributed by atoms with Gasteiger partial charge in [0.15, 0.2) is 0 Å². The monoisotopic (exact) mass is 266 g/mol. The maximum Gasteiger partial charge on any atom is 0.111 e. The summed E-state index contributed by atoms with van der Waals surface area (Å²) in [4.78, 5) is 7.78. The fourth-order valence-corrected chi connectivity index (χ4v) is 2.55. The van der Waals surface area contributed by atoms with Gasteiger partial charge in [0.2, 0.25) is 0 Å². The Bertz CT molecular complexity index is 708. The molecule has 0 saturated carbocycles. The van der Waals surface area contributed by atoms with Gasteiger partial charge < -0.3 is 10.1 Å². The Morgan fingerprint density at radius 2 is 1.95 bits per heavy atom. The summed E-state index contributed by atoms with van der Waals surface area (Å²) in [7, 11) is 0. The van der Waals surface area contributed by atoms with Crippen LogP contribution < -0.4 is 0 Å². The number of hydrogen-bond donors (Lipinski definition) is 2. The minimum Gasteiger partial charge on any atom is -0.396 e. The normalized spacial score (nSPS) is 12.7. The molecule has 3 aromatic rings. The molecule has 20 heavy (non-hydrogen) atoms. The lowest BCUT2D eigenvalue weighted by Crippen LogP contribution is -2.04. The maximum atomic E-state index is 9.37. The average molecular weight is 266 g/mol. The molecular weight excluding hydrogens is 248 g/mol. The van der Waals surface area contributed by atoms with E-state index in [1.807, 2.05) is 18.3 Å². The average Bonchev–Trinajstić information content (AvgIpc) is 2.97. The number of H-pyrrole nitrogens is 1. The van der Waals surface area contributed by atoms with E-state index in [0.717, 1.165) is 23.5 Å². The number of aliphatic hydroxyl groups is 1. The van der Waals surface area contributed by atoms with Gasteiger partial charge in [-0.15, -0.1) is 0 Å². The van der Waals surface area contributed by atoms with Crippen LogP contribution in [-0.2, 0) is 0 Å². The lowest BCUT2D eigenvalue weighted by Gasteiger charge is -2.08. The number of hydrogen-bond acceptors (Lipinski definition) is 2. The molecule has 0 fully saturated rings. The molecule has 0 saturated heterocycles. The first-order valence-corrected chi connectivity index (χ1v) is 6.97. The highest BCUT2D eigenvalue weighted by molar-refractivity contribution is 5.95. The Labute approximate surface area is 118 Å². The van der Waals surface area contributed by atoms with Gasteiger partial charge in [-0.05, 0) is 17.2 Å². The number of aliphatic hydroxyl groups excluding tert-OH is 1.